The van der Waals surface area contributed by atoms with Crippen molar-refractivity contribution in [2.24, 2.45) is 0 Å². The first-order chi connectivity index (χ1) is 12.9. The molecule has 5 heteroatoms. The molecule has 0 aliphatic heterocycles. The van der Waals surface area contributed by atoms with Crippen LogP contribution in [0.25, 0.3) is 0 Å². The molecule has 2 aromatic carbocycles. The fourth-order valence-electron chi connectivity index (χ4n) is 2.73. The lowest BCUT2D eigenvalue weighted by atomic mass is 10.1. The van der Waals surface area contributed by atoms with Gasteiger partial charge in [-0.2, -0.15) is 4.98 Å². The van der Waals surface area contributed by atoms with Crippen LogP contribution in [0.15, 0.2) is 48.5 Å². The summed E-state index contributed by atoms with van der Waals surface area (Å²) in [7, 11) is 0. The van der Waals surface area contributed by atoms with E-state index in [-0.39, 0.29) is 6.10 Å². The number of aryl methyl sites for hydroxylation is 2. The molecule has 0 aliphatic rings. The smallest absolute Gasteiger partial charge is 0.229 e. The zero-order valence-corrected chi connectivity index (χ0v) is 16.5. The molecule has 0 amide bonds. The molecule has 1 heterocycles. The van der Waals surface area contributed by atoms with Gasteiger partial charge >= 0.3 is 0 Å². The molecule has 0 fully saturated rings. The van der Waals surface area contributed by atoms with Crippen LogP contribution < -0.4 is 15.4 Å². The standard InChI is InChI=1S/C22H26N4O/c1-14(2)27-19-11-9-18(10-12-19)24-22-23-16(4)13-21(26-22)25-20-8-6-7-15(3)17(20)5/h6-14H,1-5H3,(H2,23,24,25,26). The Morgan fingerprint density at radius 3 is 2.33 bits per heavy atom. The van der Waals surface area contributed by atoms with Gasteiger partial charge in [0.05, 0.1) is 6.10 Å². The van der Waals surface area contributed by atoms with Crippen molar-refractivity contribution in [2.45, 2.75) is 40.7 Å². The van der Waals surface area contributed by atoms with Gasteiger partial charge in [0.2, 0.25) is 5.95 Å². The van der Waals surface area contributed by atoms with Gasteiger partial charge in [-0.25, -0.2) is 4.98 Å². The minimum absolute atomic E-state index is 0.155. The van der Waals surface area contributed by atoms with Crippen LogP contribution in [0.5, 0.6) is 5.75 Å². The van der Waals surface area contributed by atoms with Crippen LogP contribution in [0.1, 0.15) is 30.7 Å². The van der Waals surface area contributed by atoms with Crippen LogP contribution in [0.4, 0.5) is 23.1 Å². The van der Waals surface area contributed by atoms with Gasteiger partial charge in [0.1, 0.15) is 11.6 Å². The number of benzene rings is 2. The van der Waals surface area contributed by atoms with E-state index in [1.165, 1.54) is 11.1 Å². The van der Waals surface area contributed by atoms with Gasteiger partial charge in [0.25, 0.3) is 0 Å². The van der Waals surface area contributed by atoms with Gasteiger partial charge in [-0.1, -0.05) is 12.1 Å². The quantitative estimate of drug-likeness (QED) is 0.591. The van der Waals surface area contributed by atoms with Gasteiger partial charge in [-0.05, 0) is 76.1 Å². The van der Waals surface area contributed by atoms with E-state index < -0.39 is 0 Å². The van der Waals surface area contributed by atoms with Crippen molar-refractivity contribution < 1.29 is 4.74 Å². The largest absolute Gasteiger partial charge is 0.491 e. The van der Waals surface area contributed by atoms with E-state index in [0.717, 1.165) is 28.6 Å². The summed E-state index contributed by atoms with van der Waals surface area (Å²) in [5, 5.41) is 6.66. The highest BCUT2D eigenvalue weighted by molar-refractivity contribution is 5.64. The van der Waals surface area contributed by atoms with Crippen molar-refractivity contribution in [3.05, 3.63) is 65.4 Å². The number of hydrogen-bond acceptors (Lipinski definition) is 5. The monoisotopic (exact) mass is 362 g/mol. The van der Waals surface area contributed by atoms with Crippen LogP contribution in [0, 0.1) is 20.8 Å². The van der Waals surface area contributed by atoms with Crippen LogP contribution >= 0.6 is 0 Å². The van der Waals surface area contributed by atoms with Crippen LogP contribution in [-0.4, -0.2) is 16.1 Å². The number of nitrogens with zero attached hydrogens (tertiary/aromatic N) is 2. The summed E-state index contributed by atoms with van der Waals surface area (Å²) >= 11 is 0. The number of rotatable bonds is 6. The molecule has 2 N–H and O–H groups in total. The molecule has 140 valence electrons. The SMILES string of the molecule is Cc1cc(Nc2cccc(C)c2C)nc(Nc2ccc(OC(C)C)cc2)n1. The number of aromatic nitrogens is 2. The van der Waals surface area contributed by atoms with E-state index in [2.05, 4.69) is 46.6 Å². The molecule has 0 spiro atoms. The van der Waals surface area contributed by atoms with Crippen molar-refractivity contribution in [3.63, 3.8) is 0 Å². The summed E-state index contributed by atoms with van der Waals surface area (Å²) in [5.41, 5.74) is 5.31. The predicted molar refractivity (Wildman–Crippen MR) is 111 cm³/mol. The van der Waals surface area contributed by atoms with Gasteiger partial charge in [0.15, 0.2) is 0 Å². The third kappa shape index (κ3) is 4.97. The third-order valence-electron chi connectivity index (χ3n) is 4.20. The lowest BCUT2D eigenvalue weighted by molar-refractivity contribution is 0.242. The first kappa shape index (κ1) is 18.7. The number of ether oxygens (including phenoxy) is 1. The molecular formula is C22H26N4O. The minimum Gasteiger partial charge on any atom is -0.491 e. The van der Waals surface area contributed by atoms with Crippen molar-refractivity contribution in [1.82, 2.24) is 9.97 Å². The van der Waals surface area contributed by atoms with Crippen molar-refractivity contribution in [1.29, 1.82) is 0 Å². The summed E-state index contributed by atoms with van der Waals surface area (Å²) in [5.74, 6) is 2.16. The molecule has 5 nitrogen and oxygen atoms in total. The Morgan fingerprint density at radius 2 is 1.63 bits per heavy atom. The summed E-state index contributed by atoms with van der Waals surface area (Å²) in [6.45, 7) is 10.2. The fraction of sp³-hybridized carbons (Fsp3) is 0.273. The molecule has 3 rings (SSSR count). The molecule has 0 radical (unpaired) electrons. The van der Waals surface area contributed by atoms with Gasteiger partial charge < -0.3 is 15.4 Å². The Bertz CT molecular complexity index is 920. The molecule has 3 aromatic rings. The van der Waals surface area contributed by atoms with Crippen molar-refractivity contribution in [3.8, 4) is 5.75 Å². The maximum absolute atomic E-state index is 5.68. The Morgan fingerprint density at radius 1 is 0.889 bits per heavy atom. The van der Waals surface area contributed by atoms with E-state index in [0.29, 0.717) is 5.95 Å². The summed E-state index contributed by atoms with van der Waals surface area (Å²) in [6, 6.07) is 15.9. The molecule has 0 unspecified atom stereocenters. The second-order valence-corrected chi connectivity index (χ2v) is 6.91. The summed E-state index contributed by atoms with van der Waals surface area (Å²) in [4.78, 5) is 9.09. The molecular weight excluding hydrogens is 336 g/mol. The zero-order chi connectivity index (χ0) is 19.4. The molecule has 0 atom stereocenters. The second-order valence-electron chi connectivity index (χ2n) is 6.91. The summed E-state index contributed by atoms with van der Waals surface area (Å²) in [6.07, 6.45) is 0.155. The topological polar surface area (TPSA) is 59.1 Å². The minimum atomic E-state index is 0.155. The molecule has 0 saturated heterocycles. The van der Waals surface area contributed by atoms with E-state index in [4.69, 9.17) is 4.74 Å². The Labute approximate surface area is 160 Å². The molecule has 27 heavy (non-hydrogen) atoms. The highest BCUT2D eigenvalue weighted by atomic mass is 16.5. The fourth-order valence-corrected chi connectivity index (χ4v) is 2.73. The lowest BCUT2D eigenvalue weighted by Crippen LogP contribution is -2.05. The Kier molecular flexibility index (Phi) is 5.60. The predicted octanol–water partition coefficient (Wildman–Crippen LogP) is 5.68. The Balaban J connectivity index is 1.78. The first-order valence-electron chi connectivity index (χ1n) is 9.13. The number of hydrogen-bond donors (Lipinski definition) is 2. The molecule has 1 aromatic heterocycles. The van der Waals surface area contributed by atoms with Gasteiger partial charge in [0, 0.05) is 23.1 Å². The summed E-state index contributed by atoms with van der Waals surface area (Å²) < 4.78 is 5.68. The van der Waals surface area contributed by atoms with Crippen LogP contribution in [-0.2, 0) is 0 Å². The van der Waals surface area contributed by atoms with E-state index in [1.807, 2.05) is 57.2 Å². The second kappa shape index (κ2) is 8.08. The van der Waals surface area contributed by atoms with E-state index in [9.17, 15) is 0 Å². The van der Waals surface area contributed by atoms with Gasteiger partial charge in [-0.3, -0.25) is 0 Å². The maximum Gasteiger partial charge on any atom is 0.229 e. The van der Waals surface area contributed by atoms with E-state index in [1.54, 1.807) is 0 Å². The van der Waals surface area contributed by atoms with Crippen molar-refractivity contribution in [2.75, 3.05) is 10.6 Å². The number of nitrogens with one attached hydrogen (secondary N) is 2. The normalized spacial score (nSPS) is 10.7. The zero-order valence-electron chi connectivity index (χ0n) is 16.5. The van der Waals surface area contributed by atoms with Gasteiger partial charge in [-0.15, -0.1) is 0 Å². The lowest BCUT2D eigenvalue weighted by Gasteiger charge is -2.13. The van der Waals surface area contributed by atoms with Crippen molar-refractivity contribution >= 4 is 23.1 Å². The van der Waals surface area contributed by atoms with E-state index >= 15 is 0 Å². The average Bonchev–Trinajstić information content (AvgIpc) is 2.60. The van der Waals surface area contributed by atoms with Crippen LogP contribution in [0.2, 0.25) is 0 Å². The van der Waals surface area contributed by atoms with Crippen LogP contribution in [0.3, 0.4) is 0 Å². The first-order valence-corrected chi connectivity index (χ1v) is 9.13. The highest BCUT2D eigenvalue weighted by Gasteiger charge is 2.06. The number of anilines is 4. The average molecular weight is 362 g/mol. The third-order valence-corrected chi connectivity index (χ3v) is 4.20. The molecule has 0 saturated carbocycles. The Hall–Kier alpha value is -3.08. The highest BCUT2D eigenvalue weighted by Crippen LogP contribution is 2.24. The molecule has 0 aliphatic carbocycles. The maximum atomic E-state index is 5.68. The molecule has 0 bridgehead atoms.